The van der Waals surface area contributed by atoms with Crippen molar-refractivity contribution < 1.29 is 28.6 Å². The summed E-state index contributed by atoms with van der Waals surface area (Å²) in [6.07, 6.45) is 70.4. The van der Waals surface area contributed by atoms with Gasteiger partial charge in [0.2, 0.25) is 0 Å². The van der Waals surface area contributed by atoms with Gasteiger partial charge in [0.15, 0.2) is 6.10 Å². The minimum Gasteiger partial charge on any atom is -0.462 e. The normalized spacial score (nSPS) is 12.1. The van der Waals surface area contributed by atoms with Crippen molar-refractivity contribution in [2.75, 3.05) is 13.2 Å². The first-order valence-electron chi connectivity index (χ1n) is 31.3. The molecule has 0 aliphatic rings. The van der Waals surface area contributed by atoms with Crippen molar-refractivity contribution in [3.8, 4) is 0 Å². The van der Waals surface area contributed by atoms with E-state index in [1.165, 1.54) is 238 Å². The molecule has 0 aromatic carbocycles. The van der Waals surface area contributed by atoms with E-state index in [0.29, 0.717) is 19.3 Å². The van der Waals surface area contributed by atoms with E-state index in [1.54, 1.807) is 0 Å². The fraction of sp³-hybridized carbons (Fsp3) is 0.891. The van der Waals surface area contributed by atoms with Crippen molar-refractivity contribution >= 4 is 17.9 Å². The van der Waals surface area contributed by atoms with Gasteiger partial charge in [0, 0.05) is 19.3 Å². The molecule has 0 aromatic heterocycles. The van der Waals surface area contributed by atoms with Crippen LogP contribution in [0.2, 0.25) is 0 Å². The lowest BCUT2D eigenvalue weighted by Gasteiger charge is -2.18. The summed E-state index contributed by atoms with van der Waals surface area (Å²) in [5.74, 6) is -0.866. The Morgan fingerprint density at radius 3 is 0.714 bits per heavy atom. The van der Waals surface area contributed by atoms with E-state index in [9.17, 15) is 14.4 Å². The molecule has 0 saturated carbocycles. The first-order chi connectivity index (χ1) is 34.5. The number of unbranched alkanes of at least 4 members (excludes halogenated alkanes) is 43. The molecule has 1 atom stereocenters. The Morgan fingerprint density at radius 2 is 0.471 bits per heavy atom. The molecule has 0 N–H and O–H groups in total. The predicted molar refractivity (Wildman–Crippen MR) is 303 cm³/mol. The van der Waals surface area contributed by atoms with E-state index in [2.05, 4.69) is 45.1 Å². The fourth-order valence-electron chi connectivity index (χ4n) is 9.44. The number of rotatable bonds is 58. The topological polar surface area (TPSA) is 78.9 Å². The van der Waals surface area contributed by atoms with Crippen LogP contribution in [-0.2, 0) is 28.6 Å². The third kappa shape index (κ3) is 56.8. The summed E-state index contributed by atoms with van der Waals surface area (Å²) in [7, 11) is 0. The van der Waals surface area contributed by atoms with Crippen LogP contribution < -0.4 is 0 Å². The lowest BCUT2D eigenvalue weighted by atomic mass is 10.0. The first kappa shape index (κ1) is 67.9. The molecule has 0 bridgehead atoms. The largest absolute Gasteiger partial charge is 0.462 e. The Labute approximate surface area is 436 Å². The summed E-state index contributed by atoms with van der Waals surface area (Å²) in [6, 6.07) is 0. The molecule has 412 valence electrons. The van der Waals surface area contributed by atoms with Crippen LogP contribution in [0.25, 0.3) is 0 Å². The highest BCUT2D eigenvalue weighted by molar-refractivity contribution is 5.71. The highest BCUT2D eigenvalue weighted by atomic mass is 16.6. The molecular weight excluding hydrogens is 865 g/mol. The van der Waals surface area contributed by atoms with Crippen LogP contribution in [0, 0.1) is 0 Å². The van der Waals surface area contributed by atoms with Crippen LogP contribution in [-0.4, -0.2) is 37.2 Å². The summed E-state index contributed by atoms with van der Waals surface area (Å²) in [4.78, 5) is 38.2. The van der Waals surface area contributed by atoms with E-state index >= 15 is 0 Å². The van der Waals surface area contributed by atoms with Crippen LogP contribution in [0.5, 0.6) is 0 Å². The van der Waals surface area contributed by atoms with Gasteiger partial charge in [-0.05, 0) is 70.6 Å². The van der Waals surface area contributed by atoms with Crippen LogP contribution in [0.1, 0.15) is 348 Å². The second-order valence-corrected chi connectivity index (χ2v) is 21.3. The van der Waals surface area contributed by atoms with Crippen LogP contribution in [0.4, 0.5) is 0 Å². The summed E-state index contributed by atoms with van der Waals surface area (Å²) in [5.41, 5.74) is 0. The lowest BCUT2D eigenvalue weighted by Crippen LogP contribution is -2.30. The molecule has 6 nitrogen and oxygen atoms in total. The number of hydrogen-bond acceptors (Lipinski definition) is 6. The summed E-state index contributed by atoms with van der Waals surface area (Å²) in [5, 5.41) is 0. The monoisotopic (exact) mass is 985 g/mol. The van der Waals surface area contributed by atoms with Crippen LogP contribution in [0.3, 0.4) is 0 Å². The van der Waals surface area contributed by atoms with E-state index in [4.69, 9.17) is 14.2 Å². The first-order valence-corrected chi connectivity index (χ1v) is 31.3. The van der Waals surface area contributed by atoms with E-state index in [1.807, 2.05) is 0 Å². The van der Waals surface area contributed by atoms with Crippen LogP contribution >= 0.6 is 0 Å². The molecule has 0 aliphatic heterocycles. The Hall–Kier alpha value is -2.11. The molecule has 0 radical (unpaired) electrons. The fourth-order valence-corrected chi connectivity index (χ4v) is 9.44. The molecule has 0 rings (SSSR count). The maximum atomic E-state index is 12.9. The number of carbonyl (C=O) groups excluding carboxylic acids is 3. The van der Waals surface area contributed by atoms with Crippen LogP contribution in [0.15, 0.2) is 24.3 Å². The third-order valence-electron chi connectivity index (χ3n) is 14.2. The minimum absolute atomic E-state index is 0.0725. The molecule has 1 unspecified atom stereocenters. The average Bonchev–Trinajstić information content (AvgIpc) is 3.36. The van der Waals surface area contributed by atoms with Gasteiger partial charge in [-0.3, -0.25) is 14.4 Å². The standard InChI is InChI=1S/C64H120O6/c1-4-7-10-13-16-19-22-25-28-29-30-31-32-33-34-37-39-42-45-48-51-54-57-63(66)69-60-61(70-64(67)58-55-52-49-46-43-40-36-27-24-21-18-15-12-9-6-3)59-68-62(65)56-53-50-47-44-41-38-35-26-23-20-17-14-11-8-5-2/h26-27,35-36,61H,4-25,28-34,37-60H2,1-3H3/b35-26-,36-27-. The second-order valence-electron chi connectivity index (χ2n) is 21.3. The number of ether oxygens (including phenoxy) is 3. The molecule has 0 fully saturated rings. The van der Waals surface area contributed by atoms with Crippen molar-refractivity contribution in [1.29, 1.82) is 0 Å². The molecule has 6 heteroatoms. The second kappa shape index (κ2) is 59.5. The van der Waals surface area contributed by atoms with Crippen molar-refractivity contribution in [3.63, 3.8) is 0 Å². The van der Waals surface area contributed by atoms with Gasteiger partial charge in [-0.1, -0.05) is 283 Å². The number of esters is 3. The molecule has 0 amide bonds. The SMILES string of the molecule is CCCCCCCC/C=C\CCCCCCCC(=O)OCC(COC(=O)CCCCCCCCCCCCCCCCCCCCCCCC)OC(=O)CCCCCCC/C=C\CCCCCCCC. The van der Waals surface area contributed by atoms with Gasteiger partial charge in [-0.25, -0.2) is 0 Å². The van der Waals surface area contributed by atoms with E-state index in [0.717, 1.165) is 70.6 Å². The zero-order chi connectivity index (χ0) is 50.7. The summed E-state index contributed by atoms with van der Waals surface area (Å²) in [6.45, 7) is 6.68. The van der Waals surface area contributed by atoms with Crippen molar-refractivity contribution in [2.45, 2.75) is 354 Å². The Bertz CT molecular complexity index is 1130. The van der Waals surface area contributed by atoms with Crippen molar-refractivity contribution in [3.05, 3.63) is 24.3 Å². The van der Waals surface area contributed by atoms with Gasteiger partial charge in [0.25, 0.3) is 0 Å². The lowest BCUT2D eigenvalue weighted by molar-refractivity contribution is -0.167. The van der Waals surface area contributed by atoms with Crippen molar-refractivity contribution in [2.24, 2.45) is 0 Å². The number of hydrogen-bond donors (Lipinski definition) is 0. The van der Waals surface area contributed by atoms with Gasteiger partial charge in [0.1, 0.15) is 13.2 Å². The Kier molecular flexibility index (Phi) is 57.7. The Morgan fingerprint density at radius 1 is 0.271 bits per heavy atom. The molecule has 0 aliphatic carbocycles. The quantitative estimate of drug-likeness (QED) is 0.0261. The zero-order valence-corrected chi connectivity index (χ0v) is 47.3. The van der Waals surface area contributed by atoms with Gasteiger partial charge >= 0.3 is 17.9 Å². The average molecular weight is 986 g/mol. The summed E-state index contributed by atoms with van der Waals surface area (Å²) < 4.78 is 16.9. The van der Waals surface area contributed by atoms with Gasteiger partial charge in [-0.2, -0.15) is 0 Å². The number of allylic oxidation sites excluding steroid dienone is 4. The highest BCUT2D eigenvalue weighted by Crippen LogP contribution is 2.17. The van der Waals surface area contributed by atoms with Gasteiger partial charge < -0.3 is 14.2 Å². The smallest absolute Gasteiger partial charge is 0.306 e. The maximum absolute atomic E-state index is 12.9. The van der Waals surface area contributed by atoms with Crippen molar-refractivity contribution in [1.82, 2.24) is 0 Å². The Balaban J connectivity index is 4.28. The van der Waals surface area contributed by atoms with E-state index < -0.39 is 6.10 Å². The highest BCUT2D eigenvalue weighted by Gasteiger charge is 2.19. The maximum Gasteiger partial charge on any atom is 0.306 e. The predicted octanol–water partition coefficient (Wildman–Crippen LogP) is 21.1. The van der Waals surface area contributed by atoms with E-state index in [-0.39, 0.29) is 31.1 Å². The number of carbonyl (C=O) groups is 3. The molecule has 0 spiro atoms. The molecule has 0 heterocycles. The third-order valence-corrected chi connectivity index (χ3v) is 14.2. The molecule has 0 aromatic rings. The van der Waals surface area contributed by atoms with Gasteiger partial charge in [0.05, 0.1) is 0 Å². The minimum atomic E-state index is -0.776. The van der Waals surface area contributed by atoms with Gasteiger partial charge in [-0.15, -0.1) is 0 Å². The zero-order valence-electron chi connectivity index (χ0n) is 47.3. The molecule has 70 heavy (non-hydrogen) atoms. The molecular formula is C64H120O6. The molecule has 0 saturated heterocycles. The summed E-state index contributed by atoms with van der Waals surface area (Å²) >= 11 is 0.